The minimum absolute atomic E-state index is 0.127. The van der Waals surface area contributed by atoms with Crippen molar-refractivity contribution >= 4 is 27.3 Å². The standard InChI is InChI=1S/C21H23F3N2O4S/c1-3-26(20(28)21(22,23)24)14-16-5-4-6-17(13-16)25-19(27)11-12-31(29,30)18-9-7-15(2)8-10-18/h4-10,13H,3,11-12,14H2,1-2H3,(H,25,27). The Bertz CT molecular complexity index is 1040. The van der Waals surface area contributed by atoms with Crippen LogP contribution in [0.15, 0.2) is 53.4 Å². The van der Waals surface area contributed by atoms with Gasteiger partial charge in [-0.05, 0) is 43.7 Å². The van der Waals surface area contributed by atoms with Gasteiger partial charge in [-0.1, -0.05) is 29.8 Å². The molecule has 0 aliphatic carbocycles. The van der Waals surface area contributed by atoms with Crippen LogP contribution in [0.4, 0.5) is 18.9 Å². The Morgan fingerprint density at radius 1 is 1.06 bits per heavy atom. The van der Waals surface area contributed by atoms with E-state index in [4.69, 9.17) is 0 Å². The Morgan fingerprint density at radius 3 is 2.29 bits per heavy atom. The van der Waals surface area contributed by atoms with E-state index in [1.807, 2.05) is 6.92 Å². The molecular weight excluding hydrogens is 433 g/mol. The highest BCUT2D eigenvalue weighted by Crippen LogP contribution is 2.21. The molecule has 168 valence electrons. The number of nitrogens with one attached hydrogen (secondary N) is 1. The van der Waals surface area contributed by atoms with Crippen LogP contribution in [0.1, 0.15) is 24.5 Å². The lowest BCUT2D eigenvalue weighted by molar-refractivity contribution is -0.185. The van der Waals surface area contributed by atoms with E-state index in [0.717, 1.165) is 5.56 Å². The first-order valence-electron chi connectivity index (χ1n) is 9.46. The van der Waals surface area contributed by atoms with Crippen molar-refractivity contribution in [3.63, 3.8) is 0 Å². The molecule has 2 amide bonds. The highest BCUT2D eigenvalue weighted by Gasteiger charge is 2.41. The van der Waals surface area contributed by atoms with E-state index in [1.165, 1.54) is 43.3 Å². The molecule has 0 bridgehead atoms. The van der Waals surface area contributed by atoms with Crippen LogP contribution in [-0.4, -0.2) is 43.6 Å². The van der Waals surface area contributed by atoms with E-state index in [1.54, 1.807) is 12.1 Å². The van der Waals surface area contributed by atoms with Crippen molar-refractivity contribution < 1.29 is 31.2 Å². The number of anilines is 1. The molecule has 31 heavy (non-hydrogen) atoms. The summed E-state index contributed by atoms with van der Waals surface area (Å²) < 4.78 is 62.7. The van der Waals surface area contributed by atoms with Gasteiger partial charge in [-0.3, -0.25) is 9.59 Å². The number of sulfone groups is 1. The Kier molecular flexibility index (Phi) is 7.83. The van der Waals surface area contributed by atoms with Crippen LogP contribution < -0.4 is 5.32 Å². The molecule has 0 saturated carbocycles. The summed E-state index contributed by atoms with van der Waals surface area (Å²) in [6.45, 7) is 2.85. The smallest absolute Gasteiger partial charge is 0.331 e. The lowest BCUT2D eigenvalue weighted by Crippen LogP contribution is -2.40. The number of carbonyl (C=O) groups is 2. The Labute approximate surface area is 179 Å². The van der Waals surface area contributed by atoms with Crippen molar-refractivity contribution in [2.24, 2.45) is 0 Å². The van der Waals surface area contributed by atoms with Crippen LogP contribution in [0.5, 0.6) is 0 Å². The van der Waals surface area contributed by atoms with Crippen molar-refractivity contribution in [1.82, 2.24) is 4.90 Å². The second kappa shape index (κ2) is 9.95. The molecule has 0 radical (unpaired) electrons. The molecule has 0 spiro atoms. The van der Waals surface area contributed by atoms with E-state index in [9.17, 15) is 31.2 Å². The highest BCUT2D eigenvalue weighted by atomic mass is 32.2. The maximum atomic E-state index is 12.7. The van der Waals surface area contributed by atoms with Gasteiger partial charge in [-0.15, -0.1) is 0 Å². The number of hydrogen-bond acceptors (Lipinski definition) is 4. The van der Waals surface area contributed by atoms with Crippen LogP contribution in [0.2, 0.25) is 0 Å². The predicted molar refractivity (Wildman–Crippen MR) is 110 cm³/mol. The third-order valence-electron chi connectivity index (χ3n) is 4.47. The number of alkyl halides is 3. The van der Waals surface area contributed by atoms with Gasteiger partial charge in [0.15, 0.2) is 9.84 Å². The molecule has 0 saturated heterocycles. The molecule has 1 N–H and O–H groups in total. The van der Waals surface area contributed by atoms with Crippen LogP contribution in [0, 0.1) is 6.92 Å². The first kappa shape index (κ1) is 24.4. The molecule has 0 aromatic heterocycles. The van der Waals surface area contributed by atoms with Gasteiger partial charge >= 0.3 is 12.1 Å². The van der Waals surface area contributed by atoms with Gasteiger partial charge in [0.25, 0.3) is 0 Å². The Balaban J connectivity index is 1.99. The largest absolute Gasteiger partial charge is 0.471 e. The summed E-state index contributed by atoms with van der Waals surface area (Å²) in [5.74, 6) is -2.87. The van der Waals surface area contributed by atoms with Crippen molar-refractivity contribution in [3.8, 4) is 0 Å². The fourth-order valence-electron chi connectivity index (χ4n) is 2.79. The van der Waals surface area contributed by atoms with Gasteiger partial charge in [-0.2, -0.15) is 13.2 Å². The summed E-state index contributed by atoms with van der Waals surface area (Å²) >= 11 is 0. The minimum Gasteiger partial charge on any atom is -0.331 e. The monoisotopic (exact) mass is 456 g/mol. The van der Waals surface area contributed by atoms with Gasteiger partial charge in [-0.25, -0.2) is 8.42 Å². The van der Waals surface area contributed by atoms with Crippen molar-refractivity contribution in [1.29, 1.82) is 0 Å². The third-order valence-corrected chi connectivity index (χ3v) is 6.21. The molecule has 0 unspecified atom stereocenters. The molecular formula is C21H23F3N2O4S. The SMILES string of the molecule is CCN(Cc1cccc(NC(=O)CCS(=O)(=O)c2ccc(C)cc2)c1)C(=O)C(F)(F)F. The molecule has 10 heteroatoms. The molecule has 0 aliphatic rings. The van der Waals surface area contributed by atoms with E-state index >= 15 is 0 Å². The molecule has 6 nitrogen and oxygen atoms in total. The van der Waals surface area contributed by atoms with Gasteiger partial charge in [0, 0.05) is 25.2 Å². The number of rotatable bonds is 8. The van der Waals surface area contributed by atoms with Crippen molar-refractivity contribution in [3.05, 3.63) is 59.7 Å². The average molecular weight is 456 g/mol. The van der Waals surface area contributed by atoms with Crippen molar-refractivity contribution in [2.45, 2.75) is 37.9 Å². The number of benzene rings is 2. The van der Waals surface area contributed by atoms with Gasteiger partial charge in [0.1, 0.15) is 0 Å². The number of amides is 2. The second-order valence-electron chi connectivity index (χ2n) is 6.95. The molecule has 0 atom stereocenters. The maximum absolute atomic E-state index is 12.7. The summed E-state index contributed by atoms with van der Waals surface area (Å²) in [7, 11) is -3.63. The van der Waals surface area contributed by atoms with Crippen LogP contribution in [-0.2, 0) is 26.0 Å². The summed E-state index contributed by atoms with van der Waals surface area (Å²) in [5, 5.41) is 2.54. The molecule has 0 heterocycles. The summed E-state index contributed by atoms with van der Waals surface area (Å²) in [6.07, 6.45) is -5.25. The van der Waals surface area contributed by atoms with E-state index < -0.39 is 27.8 Å². The van der Waals surface area contributed by atoms with Crippen LogP contribution in [0.25, 0.3) is 0 Å². The normalized spacial score (nSPS) is 11.8. The molecule has 2 aromatic carbocycles. The summed E-state index contributed by atoms with van der Waals surface area (Å²) in [5.41, 5.74) is 1.60. The predicted octanol–water partition coefficient (Wildman–Crippen LogP) is 3.71. The number of nitrogens with zero attached hydrogens (tertiary/aromatic N) is 1. The molecule has 2 rings (SSSR count). The summed E-state index contributed by atoms with van der Waals surface area (Å²) in [6, 6.07) is 12.3. The Hall–Kier alpha value is -2.88. The summed E-state index contributed by atoms with van der Waals surface area (Å²) in [4.78, 5) is 24.4. The first-order chi connectivity index (χ1) is 14.4. The highest BCUT2D eigenvalue weighted by molar-refractivity contribution is 7.91. The van der Waals surface area contributed by atoms with Crippen molar-refractivity contribution in [2.75, 3.05) is 17.6 Å². The lowest BCUT2D eigenvalue weighted by atomic mass is 10.2. The van der Waals surface area contributed by atoms with Gasteiger partial charge < -0.3 is 10.2 Å². The number of carbonyl (C=O) groups excluding carboxylic acids is 2. The van der Waals surface area contributed by atoms with Gasteiger partial charge in [0.05, 0.1) is 10.6 Å². The number of aryl methyl sites for hydroxylation is 1. The average Bonchev–Trinajstić information content (AvgIpc) is 2.70. The topological polar surface area (TPSA) is 83.6 Å². The molecule has 0 aliphatic heterocycles. The second-order valence-corrected chi connectivity index (χ2v) is 9.06. The quantitative estimate of drug-likeness (QED) is 0.657. The zero-order valence-electron chi connectivity index (χ0n) is 17.1. The number of hydrogen-bond donors (Lipinski definition) is 1. The molecule has 0 fully saturated rings. The van der Waals surface area contributed by atoms with Crippen LogP contribution >= 0.6 is 0 Å². The number of halogens is 3. The minimum atomic E-state index is -4.97. The van der Waals surface area contributed by atoms with Crippen LogP contribution in [0.3, 0.4) is 0 Å². The fraction of sp³-hybridized carbons (Fsp3) is 0.333. The first-order valence-corrected chi connectivity index (χ1v) is 11.1. The van der Waals surface area contributed by atoms with E-state index in [2.05, 4.69) is 5.32 Å². The Morgan fingerprint density at radius 2 is 1.71 bits per heavy atom. The lowest BCUT2D eigenvalue weighted by Gasteiger charge is -2.22. The fourth-order valence-corrected chi connectivity index (χ4v) is 4.03. The van der Waals surface area contributed by atoms with E-state index in [0.29, 0.717) is 16.2 Å². The van der Waals surface area contributed by atoms with E-state index in [-0.39, 0.29) is 30.2 Å². The third kappa shape index (κ3) is 7.09. The zero-order valence-corrected chi connectivity index (χ0v) is 17.9. The molecule has 2 aromatic rings. The maximum Gasteiger partial charge on any atom is 0.471 e. The van der Waals surface area contributed by atoms with Gasteiger partial charge in [0.2, 0.25) is 5.91 Å². The zero-order chi connectivity index (χ0) is 23.2.